The van der Waals surface area contributed by atoms with Gasteiger partial charge in [-0.05, 0) is 37.3 Å². The summed E-state index contributed by atoms with van der Waals surface area (Å²) in [6, 6.07) is 2.31. The van der Waals surface area contributed by atoms with Gasteiger partial charge in [-0.2, -0.15) is 0 Å². The van der Waals surface area contributed by atoms with Crippen LogP contribution in [0.2, 0.25) is 0 Å². The molecular weight excluding hydrogens is 200 g/mol. The molecular formula is C13H22N2O. The molecule has 3 nitrogen and oxygen atoms in total. The van der Waals surface area contributed by atoms with E-state index in [2.05, 4.69) is 30.0 Å². The second-order valence-electron chi connectivity index (χ2n) is 4.62. The van der Waals surface area contributed by atoms with E-state index in [-0.39, 0.29) is 6.04 Å². The van der Waals surface area contributed by atoms with Gasteiger partial charge in [0.25, 0.3) is 0 Å². The Labute approximate surface area is 97.6 Å². The third kappa shape index (κ3) is 2.86. The molecule has 0 aliphatic carbocycles. The predicted molar refractivity (Wildman–Crippen MR) is 65.2 cm³/mol. The van der Waals surface area contributed by atoms with Crippen LogP contribution < -0.4 is 5.73 Å². The number of ether oxygens (including phenoxy) is 1. The van der Waals surface area contributed by atoms with Crippen molar-refractivity contribution in [2.45, 2.75) is 51.3 Å². The summed E-state index contributed by atoms with van der Waals surface area (Å²) in [4.78, 5) is 0. The lowest BCUT2D eigenvalue weighted by Crippen LogP contribution is -2.10. The van der Waals surface area contributed by atoms with E-state index in [4.69, 9.17) is 10.5 Å². The fourth-order valence-corrected chi connectivity index (χ4v) is 2.22. The van der Waals surface area contributed by atoms with Gasteiger partial charge in [0.05, 0.1) is 6.10 Å². The average molecular weight is 222 g/mol. The minimum absolute atomic E-state index is 0.184. The Morgan fingerprint density at radius 2 is 2.50 bits per heavy atom. The van der Waals surface area contributed by atoms with Crippen LogP contribution in [0.15, 0.2) is 18.5 Å². The number of aromatic nitrogens is 1. The predicted octanol–water partition coefficient (Wildman–Crippen LogP) is 2.47. The normalized spacial score (nSPS) is 22.5. The van der Waals surface area contributed by atoms with Crippen molar-refractivity contribution in [2.75, 3.05) is 6.61 Å². The maximum Gasteiger partial charge on any atom is 0.0593 e. The number of nitrogens with zero attached hydrogens (tertiary/aromatic N) is 1. The summed E-state index contributed by atoms with van der Waals surface area (Å²) in [5.74, 6) is 0. The standard InChI is InChI=1S/C13H22N2O/c1-2-13(14)11-5-7-15(10-11)8-6-12-4-3-9-16-12/h5,7,10,12-13H,2-4,6,8-9,14H2,1H3. The molecule has 1 aliphatic rings. The zero-order valence-electron chi connectivity index (χ0n) is 10.1. The molecule has 0 amide bonds. The lowest BCUT2D eigenvalue weighted by molar-refractivity contribution is 0.100. The van der Waals surface area contributed by atoms with Crippen LogP contribution in [-0.4, -0.2) is 17.3 Å². The van der Waals surface area contributed by atoms with Crippen molar-refractivity contribution >= 4 is 0 Å². The molecule has 1 fully saturated rings. The quantitative estimate of drug-likeness (QED) is 0.831. The molecule has 0 aromatic carbocycles. The first-order chi connectivity index (χ1) is 7.79. The highest BCUT2D eigenvalue weighted by molar-refractivity contribution is 5.14. The number of aryl methyl sites for hydroxylation is 1. The first-order valence-electron chi connectivity index (χ1n) is 6.32. The van der Waals surface area contributed by atoms with Gasteiger partial charge in [-0.1, -0.05) is 6.92 Å². The van der Waals surface area contributed by atoms with Gasteiger partial charge in [0.1, 0.15) is 0 Å². The second kappa shape index (κ2) is 5.51. The summed E-state index contributed by atoms with van der Waals surface area (Å²) >= 11 is 0. The summed E-state index contributed by atoms with van der Waals surface area (Å²) in [6.07, 6.45) is 9.34. The van der Waals surface area contributed by atoms with Gasteiger partial charge >= 0.3 is 0 Å². The van der Waals surface area contributed by atoms with Crippen molar-refractivity contribution in [1.82, 2.24) is 4.57 Å². The Balaban J connectivity index is 1.82. The molecule has 0 saturated carbocycles. The Morgan fingerprint density at radius 1 is 1.62 bits per heavy atom. The Morgan fingerprint density at radius 3 is 3.19 bits per heavy atom. The molecule has 2 rings (SSSR count). The molecule has 90 valence electrons. The highest BCUT2D eigenvalue weighted by atomic mass is 16.5. The fourth-order valence-electron chi connectivity index (χ4n) is 2.22. The van der Waals surface area contributed by atoms with Crippen molar-refractivity contribution in [3.05, 3.63) is 24.0 Å². The maximum absolute atomic E-state index is 5.99. The van der Waals surface area contributed by atoms with E-state index in [1.807, 2.05) is 0 Å². The number of nitrogens with two attached hydrogens (primary N) is 1. The van der Waals surface area contributed by atoms with E-state index in [9.17, 15) is 0 Å². The van der Waals surface area contributed by atoms with Gasteiger partial charge in [0.15, 0.2) is 0 Å². The first-order valence-corrected chi connectivity index (χ1v) is 6.32. The van der Waals surface area contributed by atoms with Gasteiger partial charge in [-0.3, -0.25) is 0 Å². The molecule has 2 N–H and O–H groups in total. The fraction of sp³-hybridized carbons (Fsp3) is 0.692. The largest absolute Gasteiger partial charge is 0.378 e. The van der Waals surface area contributed by atoms with Gasteiger partial charge in [-0.25, -0.2) is 0 Å². The first kappa shape index (κ1) is 11.7. The number of rotatable bonds is 5. The molecule has 1 aromatic rings. The summed E-state index contributed by atoms with van der Waals surface area (Å²) in [7, 11) is 0. The lowest BCUT2D eigenvalue weighted by Gasteiger charge is -2.10. The summed E-state index contributed by atoms with van der Waals surface area (Å²) in [6.45, 7) is 4.11. The van der Waals surface area contributed by atoms with Crippen LogP contribution >= 0.6 is 0 Å². The summed E-state index contributed by atoms with van der Waals surface area (Å²) in [5.41, 5.74) is 7.23. The molecule has 0 radical (unpaired) electrons. The molecule has 16 heavy (non-hydrogen) atoms. The third-order valence-corrected chi connectivity index (χ3v) is 3.37. The Hall–Kier alpha value is -0.800. The molecule has 0 bridgehead atoms. The molecule has 0 spiro atoms. The summed E-state index contributed by atoms with van der Waals surface area (Å²) in [5, 5.41) is 0. The summed E-state index contributed by atoms with van der Waals surface area (Å²) < 4.78 is 7.84. The molecule has 3 heteroatoms. The van der Waals surface area contributed by atoms with E-state index in [0.717, 1.165) is 26.0 Å². The topological polar surface area (TPSA) is 40.2 Å². The molecule has 1 saturated heterocycles. The van der Waals surface area contributed by atoms with Gasteiger partial charge in [0, 0.05) is 31.6 Å². The number of hydrogen-bond acceptors (Lipinski definition) is 2. The highest BCUT2D eigenvalue weighted by Gasteiger charge is 2.15. The van der Waals surface area contributed by atoms with Crippen molar-refractivity contribution in [3.63, 3.8) is 0 Å². The van der Waals surface area contributed by atoms with Crippen molar-refractivity contribution < 1.29 is 4.74 Å². The van der Waals surface area contributed by atoms with Crippen LogP contribution in [0, 0.1) is 0 Å². The Bertz CT molecular complexity index is 315. The van der Waals surface area contributed by atoms with Crippen molar-refractivity contribution in [3.8, 4) is 0 Å². The van der Waals surface area contributed by atoms with Crippen LogP contribution in [0.5, 0.6) is 0 Å². The number of hydrogen-bond donors (Lipinski definition) is 1. The molecule has 2 unspecified atom stereocenters. The molecule has 1 aromatic heterocycles. The van der Waals surface area contributed by atoms with E-state index < -0.39 is 0 Å². The Kier molecular flexibility index (Phi) is 4.02. The van der Waals surface area contributed by atoms with E-state index in [0.29, 0.717) is 6.10 Å². The molecule has 1 aliphatic heterocycles. The maximum atomic E-state index is 5.99. The molecule has 2 atom stereocenters. The van der Waals surface area contributed by atoms with Crippen LogP contribution in [0.3, 0.4) is 0 Å². The SMILES string of the molecule is CCC(N)c1ccn(CCC2CCCO2)c1. The smallest absolute Gasteiger partial charge is 0.0593 e. The van der Waals surface area contributed by atoms with E-state index >= 15 is 0 Å². The zero-order valence-corrected chi connectivity index (χ0v) is 10.1. The van der Waals surface area contributed by atoms with E-state index in [1.165, 1.54) is 18.4 Å². The van der Waals surface area contributed by atoms with Gasteiger partial charge in [-0.15, -0.1) is 0 Å². The third-order valence-electron chi connectivity index (χ3n) is 3.37. The van der Waals surface area contributed by atoms with Crippen LogP contribution in [-0.2, 0) is 11.3 Å². The highest BCUT2D eigenvalue weighted by Crippen LogP contribution is 2.18. The average Bonchev–Trinajstić information content (AvgIpc) is 2.96. The van der Waals surface area contributed by atoms with Crippen LogP contribution in [0.25, 0.3) is 0 Å². The van der Waals surface area contributed by atoms with Crippen LogP contribution in [0.4, 0.5) is 0 Å². The van der Waals surface area contributed by atoms with Gasteiger partial charge in [0.2, 0.25) is 0 Å². The monoisotopic (exact) mass is 222 g/mol. The zero-order chi connectivity index (χ0) is 11.4. The second-order valence-corrected chi connectivity index (χ2v) is 4.62. The lowest BCUT2D eigenvalue weighted by atomic mass is 10.1. The minimum atomic E-state index is 0.184. The van der Waals surface area contributed by atoms with Gasteiger partial charge < -0.3 is 15.0 Å². The van der Waals surface area contributed by atoms with Crippen LogP contribution in [0.1, 0.15) is 44.2 Å². The van der Waals surface area contributed by atoms with Crippen molar-refractivity contribution in [1.29, 1.82) is 0 Å². The minimum Gasteiger partial charge on any atom is -0.378 e. The van der Waals surface area contributed by atoms with Crippen molar-refractivity contribution in [2.24, 2.45) is 5.73 Å². The molecule has 2 heterocycles. The van der Waals surface area contributed by atoms with E-state index in [1.54, 1.807) is 0 Å².